The third kappa shape index (κ3) is 5.29. The third-order valence-corrected chi connectivity index (χ3v) is 3.57. The van der Waals surface area contributed by atoms with Crippen molar-refractivity contribution in [3.8, 4) is 5.75 Å². The Kier molecular flexibility index (Phi) is 6.10. The van der Waals surface area contributed by atoms with Crippen LogP contribution in [0.5, 0.6) is 5.75 Å². The number of hydrogen-bond acceptors (Lipinski definition) is 4. The summed E-state index contributed by atoms with van der Waals surface area (Å²) in [6.45, 7) is 2.57. The Labute approximate surface area is 125 Å². The minimum absolute atomic E-state index is 0.275. The van der Waals surface area contributed by atoms with Crippen molar-refractivity contribution >= 4 is 11.6 Å². The average molecular weight is 300 g/mol. The van der Waals surface area contributed by atoms with Gasteiger partial charge in [-0.3, -0.25) is 0 Å². The number of aliphatic hydroxyl groups excluding tert-OH is 1. The van der Waals surface area contributed by atoms with Crippen molar-refractivity contribution in [2.45, 2.75) is 25.0 Å². The summed E-state index contributed by atoms with van der Waals surface area (Å²) in [6, 6.07) is 7.13. The van der Waals surface area contributed by atoms with Gasteiger partial charge in [0.1, 0.15) is 18.5 Å². The molecule has 1 heterocycles. The van der Waals surface area contributed by atoms with Gasteiger partial charge >= 0.3 is 0 Å². The molecule has 2 unspecified atom stereocenters. The van der Waals surface area contributed by atoms with Gasteiger partial charge in [0, 0.05) is 24.7 Å². The number of likely N-dealkylation sites (N-methyl/N-ethyl adjacent to an activating group) is 1. The number of ether oxygens (including phenoxy) is 2. The highest BCUT2D eigenvalue weighted by Gasteiger charge is 2.18. The average Bonchev–Trinajstić information content (AvgIpc) is 2.90. The SMILES string of the molecule is CN(CC(O)COc1ccc(Cl)cc1)CC1CCCO1. The summed E-state index contributed by atoms with van der Waals surface area (Å²) in [5.41, 5.74) is 0. The van der Waals surface area contributed by atoms with E-state index in [0.29, 0.717) is 17.7 Å². The zero-order chi connectivity index (χ0) is 14.4. The molecule has 5 heteroatoms. The number of aliphatic hydroxyl groups is 1. The molecule has 0 amide bonds. The van der Waals surface area contributed by atoms with Gasteiger partial charge in [-0.05, 0) is 44.2 Å². The largest absolute Gasteiger partial charge is 0.491 e. The van der Waals surface area contributed by atoms with Gasteiger partial charge in [0.05, 0.1) is 6.10 Å². The molecule has 1 aliphatic heterocycles. The van der Waals surface area contributed by atoms with Crippen molar-refractivity contribution in [3.63, 3.8) is 0 Å². The minimum Gasteiger partial charge on any atom is -0.491 e. The molecular weight excluding hydrogens is 278 g/mol. The Bertz CT molecular complexity index is 393. The zero-order valence-corrected chi connectivity index (χ0v) is 12.6. The van der Waals surface area contributed by atoms with Gasteiger partial charge in [-0.25, -0.2) is 0 Å². The highest BCUT2D eigenvalue weighted by atomic mass is 35.5. The first-order valence-corrected chi connectivity index (χ1v) is 7.38. The van der Waals surface area contributed by atoms with Gasteiger partial charge in [-0.1, -0.05) is 11.6 Å². The van der Waals surface area contributed by atoms with E-state index in [0.717, 1.165) is 31.7 Å². The van der Waals surface area contributed by atoms with Crippen LogP contribution in [0.2, 0.25) is 5.02 Å². The monoisotopic (exact) mass is 299 g/mol. The van der Waals surface area contributed by atoms with Crippen molar-refractivity contribution in [2.75, 3.05) is 33.4 Å². The van der Waals surface area contributed by atoms with Gasteiger partial charge in [-0.2, -0.15) is 0 Å². The molecule has 0 aliphatic carbocycles. The standard InChI is InChI=1S/C15H22ClNO3/c1-17(10-15-3-2-8-19-15)9-13(18)11-20-14-6-4-12(16)5-7-14/h4-7,13,15,18H,2-3,8-11H2,1H3. The fraction of sp³-hybridized carbons (Fsp3) is 0.600. The van der Waals surface area contributed by atoms with Crippen LogP contribution < -0.4 is 4.74 Å². The predicted octanol–water partition coefficient (Wildman–Crippen LogP) is 2.19. The van der Waals surface area contributed by atoms with Gasteiger partial charge < -0.3 is 19.5 Å². The molecular formula is C15H22ClNO3. The Morgan fingerprint density at radius 1 is 1.45 bits per heavy atom. The maximum absolute atomic E-state index is 9.98. The maximum atomic E-state index is 9.98. The molecule has 2 atom stereocenters. The lowest BCUT2D eigenvalue weighted by Gasteiger charge is -2.23. The number of benzene rings is 1. The number of halogens is 1. The van der Waals surface area contributed by atoms with Crippen molar-refractivity contribution in [2.24, 2.45) is 0 Å². The summed E-state index contributed by atoms with van der Waals surface area (Å²) in [5, 5.41) is 10.7. The second kappa shape index (κ2) is 7.84. The predicted molar refractivity (Wildman–Crippen MR) is 79.4 cm³/mol. The van der Waals surface area contributed by atoms with Gasteiger partial charge in [0.25, 0.3) is 0 Å². The number of nitrogens with zero attached hydrogens (tertiary/aromatic N) is 1. The summed E-state index contributed by atoms with van der Waals surface area (Å²) in [7, 11) is 1.99. The molecule has 0 aromatic heterocycles. The lowest BCUT2D eigenvalue weighted by atomic mass is 10.2. The smallest absolute Gasteiger partial charge is 0.119 e. The molecule has 0 bridgehead atoms. The lowest BCUT2D eigenvalue weighted by molar-refractivity contribution is 0.0444. The molecule has 1 saturated heterocycles. The molecule has 1 aromatic rings. The quantitative estimate of drug-likeness (QED) is 0.838. The van der Waals surface area contributed by atoms with Crippen LogP contribution in [0.15, 0.2) is 24.3 Å². The molecule has 1 N–H and O–H groups in total. The molecule has 0 radical (unpaired) electrons. The summed E-state index contributed by atoms with van der Waals surface area (Å²) < 4.78 is 11.1. The van der Waals surface area contributed by atoms with E-state index in [2.05, 4.69) is 4.90 Å². The van der Waals surface area contributed by atoms with Crippen LogP contribution >= 0.6 is 11.6 Å². The number of rotatable bonds is 7. The van der Waals surface area contributed by atoms with Gasteiger partial charge in [0.15, 0.2) is 0 Å². The van der Waals surface area contributed by atoms with E-state index in [9.17, 15) is 5.11 Å². The lowest BCUT2D eigenvalue weighted by Crippen LogP contribution is -2.37. The van der Waals surface area contributed by atoms with E-state index in [1.54, 1.807) is 24.3 Å². The second-order valence-electron chi connectivity index (χ2n) is 5.27. The Morgan fingerprint density at radius 2 is 2.20 bits per heavy atom. The number of hydrogen-bond donors (Lipinski definition) is 1. The van der Waals surface area contributed by atoms with E-state index in [1.165, 1.54) is 0 Å². The molecule has 1 aromatic carbocycles. The Balaban J connectivity index is 1.66. The molecule has 1 aliphatic rings. The molecule has 2 rings (SSSR count). The van der Waals surface area contributed by atoms with Crippen LogP contribution in [-0.2, 0) is 4.74 Å². The minimum atomic E-state index is -0.517. The van der Waals surface area contributed by atoms with Crippen LogP contribution in [-0.4, -0.2) is 55.6 Å². The molecule has 4 nitrogen and oxygen atoms in total. The van der Waals surface area contributed by atoms with Crippen LogP contribution in [0.4, 0.5) is 0 Å². The fourth-order valence-electron chi connectivity index (χ4n) is 2.35. The zero-order valence-electron chi connectivity index (χ0n) is 11.8. The Morgan fingerprint density at radius 3 is 2.85 bits per heavy atom. The van der Waals surface area contributed by atoms with E-state index in [4.69, 9.17) is 21.1 Å². The molecule has 0 spiro atoms. The topological polar surface area (TPSA) is 41.9 Å². The fourth-order valence-corrected chi connectivity index (χ4v) is 2.47. The first kappa shape index (κ1) is 15.6. The molecule has 20 heavy (non-hydrogen) atoms. The maximum Gasteiger partial charge on any atom is 0.119 e. The van der Waals surface area contributed by atoms with Gasteiger partial charge in [-0.15, -0.1) is 0 Å². The van der Waals surface area contributed by atoms with Crippen LogP contribution in [0.1, 0.15) is 12.8 Å². The van der Waals surface area contributed by atoms with Crippen LogP contribution in [0, 0.1) is 0 Å². The molecule has 112 valence electrons. The van der Waals surface area contributed by atoms with Crippen molar-refractivity contribution in [3.05, 3.63) is 29.3 Å². The third-order valence-electron chi connectivity index (χ3n) is 3.32. The van der Waals surface area contributed by atoms with Crippen molar-refractivity contribution in [1.82, 2.24) is 4.90 Å². The summed E-state index contributed by atoms with van der Waals surface area (Å²) >= 11 is 5.80. The van der Waals surface area contributed by atoms with Gasteiger partial charge in [0.2, 0.25) is 0 Å². The second-order valence-corrected chi connectivity index (χ2v) is 5.71. The first-order valence-electron chi connectivity index (χ1n) is 7.00. The van der Waals surface area contributed by atoms with E-state index in [-0.39, 0.29) is 6.61 Å². The highest BCUT2D eigenvalue weighted by Crippen LogP contribution is 2.16. The summed E-state index contributed by atoms with van der Waals surface area (Å²) in [6.07, 6.45) is 2.05. The van der Waals surface area contributed by atoms with Crippen LogP contribution in [0.3, 0.4) is 0 Å². The summed E-state index contributed by atoms with van der Waals surface area (Å²) in [5.74, 6) is 0.718. The first-order chi connectivity index (χ1) is 9.63. The van der Waals surface area contributed by atoms with E-state index >= 15 is 0 Å². The van der Waals surface area contributed by atoms with Crippen LogP contribution in [0.25, 0.3) is 0 Å². The van der Waals surface area contributed by atoms with Crippen molar-refractivity contribution < 1.29 is 14.6 Å². The highest BCUT2D eigenvalue weighted by molar-refractivity contribution is 6.30. The van der Waals surface area contributed by atoms with E-state index < -0.39 is 6.10 Å². The Hall–Kier alpha value is -0.810. The molecule has 1 fully saturated rings. The normalized spacial score (nSPS) is 20.3. The molecule has 0 saturated carbocycles. The van der Waals surface area contributed by atoms with E-state index in [1.807, 2.05) is 7.05 Å². The summed E-state index contributed by atoms with van der Waals surface area (Å²) in [4.78, 5) is 2.09. The van der Waals surface area contributed by atoms with Crippen molar-refractivity contribution in [1.29, 1.82) is 0 Å².